The van der Waals surface area contributed by atoms with Crippen LogP contribution < -0.4 is 5.32 Å². The van der Waals surface area contributed by atoms with Crippen LogP contribution in [-0.4, -0.2) is 28.8 Å². The summed E-state index contributed by atoms with van der Waals surface area (Å²) in [6, 6.07) is 0.358. The van der Waals surface area contributed by atoms with E-state index in [0.717, 1.165) is 12.2 Å². The van der Waals surface area contributed by atoms with E-state index in [1.54, 1.807) is 0 Å². The first kappa shape index (κ1) is 11.2. The number of carbonyl (C=O) groups excluding carboxylic acids is 1. The van der Waals surface area contributed by atoms with E-state index in [0.29, 0.717) is 11.3 Å². The maximum absolute atomic E-state index is 11.1. The Bertz CT molecular complexity index is 177. The number of alkyl halides is 1. The van der Waals surface area contributed by atoms with Crippen LogP contribution in [0.5, 0.6) is 0 Å². The van der Waals surface area contributed by atoms with Crippen LogP contribution in [0.1, 0.15) is 26.2 Å². The van der Waals surface area contributed by atoms with E-state index in [-0.39, 0.29) is 11.8 Å². The number of hydrogen-bond donors (Lipinski definition) is 1. The van der Waals surface area contributed by atoms with Crippen LogP contribution in [0.2, 0.25) is 0 Å². The summed E-state index contributed by atoms with van der Waals surface area (Å²) in [6.07, 6.45) is 3.57. The number of nitrogens with one attached hydrogen (secondary N) is 1. The third-order valence-corrected chi connectivity index (χ3v) is 3.87. The molecule has 0 aromatic heterocycles. The summed E-state index contributed by atoms with van der Waals surface area (Å²) < 4.78 is 0. The second-order valence-corrected chi connectivity index (χ2v) is 5.02. The Morgan fingerprint density at radius 1 is 1.62 bits per heavy atom. The molecule has 0 aromatic carbocycles. The molecule has 0 aliphatic heterocycles. The van der Waals surface area contributed by atoms with Crippen molar-refractivity contribution in [3.8, 4) is 0 Å². The summed E-state index contributed by atoms with van der Waals surface area (Å²) in [5, 5.41) is 3.58. The molecule has 0 heterocycles. The molecule has 13 heavy (non-hydrogen) atoms. The predicted octanol–water partition coefficient (Wildman–Crippen LogP) is 2.02. The van der Waals surface area contributed by atoms with Gasteiger partial charge in [-0.3, -0.25) is 4.79 Å². The summed E-state index contributed by atoms with van der Waals surface area (Å²) >= 11 is 7.38. The largest absolute Gasteiger partial charge is 0.351 e. The highest BCUT2D eigenvalue weighted by Gasteiger charge is 2.27. The Labute approximate surface area is 88.8 Å². The maximum atomic E-state index is 11.1. The molecule has 2 atom stereocenters. The Hall–Kier alpha value is 0.110. The maximum Gasteiger partial charge on any atom is 0.235 e. The van der Waals surface area contributed by atoms with E-state index in [2.05, 4.69) is 12.2 Å². The van der Waals surface area contributed by atoms with Gasteiger partial charge < -0.3 is 5.32 Å². The molecule has 1 aliphatic carbocycles. The van der Waals surface area contributed by atoms with Crippen LogP contribution in [0.25, 0.3) is 0 Å². The Kier molecular flexibility index (Phi) is 4.96. The lowest BCUT2D eigenvalue weighted by Gasteiger charge is -2.19. The molecule has 0 aromatic rings. The lowest BCUT2D eigenvalue weighted by atomic mass is 10.2. The molecule has 0 radical (unpaired) electrons. The summed E-state index contributed by atoms with van der Waals surface area (Å²) in [4.78, 5) is 11.1. The molecule has 1 N–H and O–H groups in total. The van der Waals surface area contributed by atoms with Gasteiger partial charge in [0.25, 0.3) is 0 Å². The van der Waals surface area contributed by atoms with E-state index in [1.807, 2.05) is 11.8 Å². The van der Waals surface area contributed by atoms with Crippen molar-refractivity contribution in [1.29, 1.82) is 0 Å². The Balaban J connectivity index is 2.34. The van der Waals surface area contributed by atoms with Gasteiger partial charge in [0, 0.05) is 11.3 Å². The van der Waals surface area contributed by atoms with Crippen molar-refractivity contribution >= 4 is 29.3 Å². The molecular formula is C9H16ClNOS. The van der Waals surface area contributed by atoms with Gasteiger partial charge in [-0.1, -0.05) is 13.3 Å². The van der Waals surface area contributed by atoms with E-state index in [9.17, 15) is 4.79 Å². The minimum atomic E-state index is -0.0322. The summed E-state index contributed by atoms with van der Waals surface area (Å²) in [6.45, 7) is 2.16. The van der Waals surface area contributed by atoms with Gasteiger partial charge in [-0.25, -0.2) is 0 Å². The smallest absolute Gasteiger partial charge is 0.235 e. The highest BCUT2D eigenvalue weighted by molar-refractivity contribution is 7.99. The molecule has 76 valence electrons. The normalized spacial score (nSPS) is 27.5. The van der Waals surface area contributed by atoms with E-state index < -0.39 is 0 Å². The summed E-state index contributed by atoms with van der Waals surface area (Å²) in [7, 11) is 0. The van der Waals surface area contributed by atoms with Crippen LogP contribution >= 0.6 is 23.4 Å². The van der Waals surface area contributed by atoms with Crippen LogP contribution in [0, 0.1) is 0 Å². The number of rotatable bonds is 4. The SMILES string of the molecule is CCSC1CCCC1NC(=O)CCl. The zero-order valence-electron chi connectivity index (χ0n) is 7.88. The van der Waals surface area contributed by atoms with Gasteiger partial charge in [0.2, 0.25) is 5.91 Å². The Morgan fingerprint density at radius 2 is 2.38 bits per heavy atom. The van der Waals surface area contributed by atoms with Gasteiger partial charge in [0.15, 0.2) is 0 Å². The fourth-order valence-corrected chi connectivity index (χ4v) is 3.03. The first-order valence-electron chi connectivity index (χ1n) is 4.74. The van der Waals surface area contributed by atoms with Gasteiger partial charge in [-0.05, 0) is 18.6 Å². The summed E-state index contributed by atoms with van der Waals surface area (Å²) in [5.41, 5.74) is 0. The fourth-order valence-electron chi connectivity index (χ4n) is 1.75. The van der Waals surface area contributed by atoms with E-state index in [4.69, 9.17) is 11.6 Å². The molecule has 4 heteroatoms. The van der Waals surface area contributed by atoms with Crippen molar-refractivity contribution < 1.29 is 4.79 Å². The minimum Gasteiger partial charge on any atom is -0.351 e. The molecule has 0 saturated heterocycles. The number of carbonyl (C=O) groups is 1. The van der Waals surface area contributed by atoms with E-state index in [1.165, 1.54) is 12.8 Å². The van der Waals surface area contributed by atoms with Crippen molar-refractivity contribution in [2.75, 3.05) is 11.6 Å². The zero-order chi connectivity index (χ0) is 9.68. The van der Waals surface area contributed by atoms with Crippen LogP contribution in [-0.2, 0) is 4.79 Å². The molecule has 1 fully saturated rings. The standard InChI is InChI=1S/C9H16ClNOS/c1-2-13-8-5-3-4-7(8)11-9(12)6-10/h7-8H,2-6H2,1H3,(H,11,12). The molecule has 0 spiro atoms. The van der Waals surface area contributed by atoms with Crippen molar-refractivity contribution in [2.45, 2.75) is 37.5 Å². The molecule has 1 rings (SSSR count). The van der Waals surface area contributed by atoms with Gasteiger partial charge in [-0.15, -0.1) is 11.6 Å². The van der Waals surface area contributed by atoms with Crippen molar-refractivity contribution in [3.05, 3.63) is 0 Å². The van der Waals surface area contributed by atoms with Crippen LogP contribution in [0.3, 0.4) is 0 Å². The Morgan fingerprint density at radius 3 is 3.00 bits per heavy atom. The summed E-state index contributed by atoms with van der Waals surface area (Å²) in [5.74, 6) is 1.17. The first-order valence-corrected chi connectivity index (χ1v) is 6.33. The van der Waals surface area contributed by atoms with Crippen molar-refractivity contribution in [3.63, 3.8) is 0 Å². The molecule has 1 saturated carbocycles. The molecule has 2 unspecified atom stereocenters. The zero-order valence-corrected chi connectivity index (χ0v) is 9.46. The second-order valence-electron chi connectivity index (χ2n) is 3.23. The van der Waals surface area contributed by atoms with Gasteiger partial charge >= 0.3 is 0 Å². The fraction of sp³-hybridized carbons (Fsp3) is 0.889. The van der Waals surface area contributed by atoms with Gasteiger partial charge in [0.05, 0.1) is 0 Å². The minimum absolute atomic E-state index is 0.0322. The van der Waals surface area contributed by atoms with Crippen LogP contribution in [0.4, 0.5) is 0 Å². The molecular weight excluding hydrogens is 206 g/mol. The third kappa shape index (κ3) is 3.39. The van der Waals surface area contributed by atoms with Crippen LogP contribution in [0.15, 0.2) is 0 Å². The first-order chi connectivity index (χ1) is 6.27. The van der Waals surface area contributed by atoms with E-state index >= 15 is 0 Å². The third-order valence-electron chi connectivity index (χ3n) is 2.30. The average Bonchev–Trinajstić information content (AvgIpc) is 2.54. The molecule has 1 amide bonds. The number of halogens is 1. The molecule has 2 nitrogen and oxygen atoms in total. The van der Waals surface area contributed by atoms with Crippen molar-refractivity contribution in [1.82, 2.24) is 5.32 Å². The van der Waals surface area contributed by atoms with Gasteiger partial charge in [-0.2, -0.15) is 11.8 Å². The molecule has 1 aliphatic rings. The lowest BCUT2D eigenvalue weighted by Crippen LogP contribution is -2.39. The monoisotopic (exact) mass is 221 g/mol. The quantitative estimate of drug-likeness (QED) is 0.736. The highest BCUT2D eigenvalue weighted by atomic mass is 35.5. The predicted molar refractivity (Wildman–Crippen MR) is 58.4 cm³/mol. The number of hydrogen-bond acceptors (Lipinski definition) is 2. The molecule has 0 bridgehead atoms. The lowest BCUT2D eigenvalue weighted by molar-refractivity contribution is -0.119. The average molecular weight is 222 g/mol. The van der Waals surface area contributed by atoms with Crippen molar-refractivity contribution in [2.24, 2.45) is 0 Å². The number of amides is 1. The number of thioether (sulfide) groups is 1. The highest BCUT2D eigenvalue weighted by Crippen LogP contribution is 2.29. The van der Waals surface area contributed by atoms with Gasteiger partial charge in [0.1, 0.15) is 5.88 Å². The topological polar surface area (TPSA) is 29.1 Å². The second kappa shape index (κ2) is 5.76.